The van der Waals surface area contributed by atoms with Gasteiger partial charge in [-0.15, -0.1) is 0 Å². The minimum atomic E-state index is -0.612. The summed E-state index contributed by atoms with van der Waals surface area (Å²) in [5, 5.41) is 10.0. The van der Waals surface area contributed by atoms with Crippen molar-refractivity contribution in [3.8, 4) is 0 Å². The molecule has 2 heterocycles. The van der Waals surface area contributed by atoms with Gasteiger partial charge in [-0.3, -0.25) is 4.79 Å². The zero-order valence-electron chi connectivity index (χ0n) is 8.09. The van der Waals surface area contributed by atoms with Crippen molar-refractivity contribution in [1.29, 1.82) is 0 Å². The number of likely N-dealkylation sites (tertiary alicyclic amines) is 1. The fraction of sp³-hybridized carbons (Fsp3) is 0.667. The van der Waals surface area contributed by atoms with Gasteiger partial charge in [0.1, 0.15) is 5.60 Å². The number of aliphatic hydroxyl groups is 1. The van der Waals surface area contributed by atoms with Gasteiger partial charge in [-0.05, 0) is 18.8 Å². The smallest absolute Gasteiger partial charge is 0.275 e. The van der Waals surface area contributed by atoms with Crippen LogP contribution in [0, 0.1) is 5.92 Å². The molecule has 6 heteroatoms. The lowest BCUT2D eigenvalue weighted by Crippen LogP contribution is -2.64. The van der Waals surface area contributed by atoms with Crippen LogP contribution in [0.1, 0.15) is 23.3 Å². The lowest BCUT2D eigenvalue weighted by molar-refractivity contribution is -0.0959. The molecule has 80 valence electrons. The van der Waals surface area contributed by atoms with Crippen molar-refractivity contribution in [1.82, 2.24) is 13.6 Å². The average molecular weight is 225 g/mol. The van der Waals surface area contributed by atoms with Crippen LogP contribution < -0.4 is 0 Å². The Kier molecular flexibility index (Phi) is 1.84. The van der Waals surface area contributed by atoms with E-state index in [4.69, 9.17) is 0 Å². The molecule has 2 fully saturated rings. The molecule has 1 aliphatic carbocycles. The van der Waals surface area contributed by atoms with Crippen molar-refractivity contribution in [3.05, 3.63) is 11.9 Å². The molecule has 5 nitrogen and oxygen atoms in total. The van der Waals surface area contributed by atoms with Crippen molar-refractivity contribution in [2.75, 3.05) is 13.1 Å². The van der Waals surface area contributed by atoms with E-state index in [1.54, 1.807) is 4.90 Å². The molecule has 1 aromatic heterocycles. The third-order valence-electron chi connectivity index (χ3n) is 3.13. The first-order valence-electron chi connectivity index (χ1n) is 4.98. The van der Waals surface area contributed by atoms with E-state index in [0.29, 0.717) is 24.7 Å². The van der Waals surface area contributed by atoms with E-state index in [-0.39, 0.29) is 5.91 Å². The third kappa shape index (κ3) is 1.44. The van der Waals surface area contributed by atoms with Gasteiger partial charge in [0.2, 0.25) is 0 Å². The molecule has 1 saturated carbocycles. The van der Waals surface area contributed by atoms with Gasteiger partial charge in [0.05, 0.1) is 31.0 Å². The van der Waals surface area contributed by atoms with Crippen LogP contribution >= 0.6 is 11.7 Å². The van der Waals surface area contributed by atoms with Crippen LogP contribution in [0.15, 0.2) is 6.20 Å². The van der Waals surface area contributed by atoms with E-state index in [1.165, 1.54) is 6.20 Å². The first-order valence-corrected chi connectivity index (χ1v) is 5.71. The number of carbonyl (C=O) groups excluding carboxylic acids is 1. The topological polar surface area (TPSA) is 66.3 Å². The van der Waals surface area contributed by atoms with Gasteiger partial charge in [0.15, 0.2) is 5.69 Å². The molecule has 1 amide bonds. The van der Waals surface area contributed by atoms with Crippen LogP contribution in [0.3, 0.4) is 0 Å². The quantitative estimate of drug-likeness (QED) is 0.777. The molecular weight excluding hydrogens is 214 g/mol. The van der Waals surface area contributed by atoms with Crippen LogP contribution in [0.25, 0.3) is 0 Å². The summed E-state index contributed by atoms with van der Waals surface area (Å²) in [7, 11) is 0. The van der Waals surface area contributed by atoms with Crippen LogP contribution in [0.2, 0.25) is 0 Å². The SMILES string of the molecule is O=C(c1cnsn1)N1CC(O)(C2CC2)C1. The molecule has 3 rings (SSSR count). The summed E-state index contributed by atoms with van der Waals surface area (Å²) in [6, 6.07) is 0. The van der Waals surface area contributed by atoms with Crippen LogP contribution in [0.4, 0.5) is 0 Å². The molecule has 1 N–H and O–H groups in total. The molecule has 0 spiro atoms. The van der Waals surface area contributed by atoms with Gasteiger partial charge < -0.3 is 10.0 Å². The highest BCUT2D eigenvalue weighted by atomic mass is 32.1. The minimum absolute atomic E-state index is 0.117. The second-order valence-corrected chi connectivity index (χ2v) is 4.89. The van der Waals surface area contributed by atoms with E-state index < -0.39 is 5.60 Å². The maximum Gasteiger partial charge on any atom is 0.275 e. The molecule has 0 unspecified atom stereocenters. The van der Waals surface area contributed by atoms with Gasteiger partial charge >= 0.3 is 0 Å². The number of amides is 1. The molecule has 1 aromatic rings. The molecule has 1 saturated heterocycles. The fourth-order valence-corrected chi connectivity index (χ4v) is 2.47. The minimum Gasteiger partial charge on any atom is -0.386 e. The summed E-state index contributed by atoms with van der Waals surface area (Å²) in [5.41, 5.74) is -0.225. The Bertz CT molecular complexity index is 382. The van der Waals surface area contributed by atoms with E-state index in [0.717, 1.165) is 24.6 Å². The number of β-amino-alcohol motifs (C(OH)–C–C–N with tert-alkyl or cyclic N) is 1. The van der Waals surface area contributed by atoms with Crippen LogP contribution in [0.5, 0.6) is 0 Å². The summed E-state index contributed by atoms with van der Waals surface area (Å²) in [4.78, 5) is 13.4. The number of aromatic nitrogens is 2. The molecule has 1 aliphatic heterocycles. The summed E-state index contributed by atoms with van der Waals surface area (Å²) < 4.78 is 7.67. The average Bonchev–Trinajstić information content (AvgIpc) is 2.89. The zero-order chi connectivity index (χ0) is 10.5. The number of nitrogens with zero attached hydrogens (tertiary/aromatic N) is 3. The molecule has 0 atom stereocenters. The molecule has 15 heavy (non-hydrogen) atoms. The van der Waals surface area contributed by atoms with Crippen molar-refractivity contribution >= 4 is 17.6 Å². The zero-order valence-corrected chi connectivity index (χ0v) is 8.90. The predicted octanol–water partition coefficient (Wildman–Crippen LogP) is 0.135. The van der Waals surface area contributed by atoms with Crippen molar-refractivity contribution in [2.24, 2.45) is 5.92 Å². The molecule has 0 radical (unpaired) electrons. The Hall–Kier alpha value is -1.01. The third-order valence-corrected chi connectivity index (χ3v) is 3.61. The number of hydrogen-bond acceptors (Lipinski definition) is 5. The van der Waals surface area contributed by atoms with Gasteiger partial charge in [0, 0.05) is 0 Å². The summed E-state index contributed by atoms with van der Waals surface area (Å²) in [5.74, 6) is 0.296. The Labute approximate surface area is 91.1 Å². The summed E-state index contributed by atoms with van der Waals surface area (Å²) in [6.07, 6.45) is 3.66. The van der Waals surface area contributed by atoms with E-state index in [2.05, 4.69) is 8.75 Å². The number of hydrogen-bond donors (Lipinski definition) is 1. The van der Waals surface area contributed by atoms with E-state index in [9.17, 15) is 9.90 Å². The predicted molar refractivity (Wildman–Crippen MR) is 53.5 cm³/mol. The van der Waals surface area contributed by atoms with Gasteiger partial charge in [-0.2, -0.15) is 8.75 Å². The maximum absolute atomic E-state index is 11.7. The van der Waals surface area contributed by atoms with Crippen LogP contribution in [-0.2, 0) is 0 Å². The van der Waals surface area contributed by atoms with Crippen LogP contribution in [-0.4, -0.2) is 43.4 Å². The van der Waals surface area contributed by atoms with Crippen molar-refractivity contribution in [2.45, 2.75) is 18.4 Å². The first kappa shape index (κ1) is 9.23. The standard InChI is InChI=1S/C9H11N3O2S/c13-8(7-3-10-15-11-7)12-4-9(14,5-12)6-1-2-6/h3,6,14H,1-2,4-5H2. The van der Waals surface area contributed by atoms with Crippen molar-refractivity contribution in [3.63, 3.8) is 0 Å². The Morgan fingerprint density at radius 3 is 2.87 bits per heavy atom. The number of rotatable bonds is 2. The highest BCUT2D eigenvalue weighted by Gasteiger charge is 2.53. The van der Waals surface area contributed by atoms with E-state index in [1.807, 2.05) is 0 Å². The summed E-state index contributed by atoms with van der Waals surface area (Å²) in [6.45, 7) is 0.905. The Balaban J connectivity index is 1.65. The monoisotopic (exact) mass is 225 g/mol. The lowest BCUT2D eigenvalue weighted by Gasteiger charge is -2.46. The second-order valence-electron chi connectivity index (χ2n) is 4.33. The maximum atomic E-state index is 11.7. The number of carbonyl (C=O) groups is 1. The van der Waals surface area contributed by atoms with Gasteiger partial charge in [-0.1, -0.05) is 0 Å². The van der Waals surface area contributed by atoms with Gasteiger partial charge in [-0.25, -0.2) is 0 Å². The molecule has 0 bridgehead atoms. The normalized spacial score (nSPS) is 23.7. The molecule has 2 aliphatic rings. The van der Waals surface area contributed by atoms with Crippen molar-refractivity contribution < 1.29 is 9.90 Å². The highest BCUT2D eigenvalue weighted by molar-refractivity contribution is 6.99. The first-order chi connectivity index (χ1) is 7.19. The Morgan fingerprint density at radius 1 is 1.60 bits per heavy atom. The second kappa shape index (κ2) is 2.99. The Morgan fingerprint density at radius 2 is 2.33 bits per heavy atom. The summed E-state index contributed by atoms with van der Waals surface area (Å²) >= 11 is 1.03. The lowest BCUT2D eigenvalue weighted by atomic mass is 9.88. The van der Waals surface area contributed by atoms with E-state index >= 15 is 0 Å². The largest absolute Gasteiger partial charge is 0.386 e. The molecular formula is C9H11N3O2S. The fourth-order valence-electron chi connectivity index (χ4n) is 2.06. The molecule has 0 aromatic carbocycles. The van der Waals surface area contributed by atoms with Gasteiger partial charge in [0.25, 0.3) is 5.91 Å². The highest BCUT2D eigenvalue weighted by Crippen LogP contribution is 2.44.